The van der Waals surface area contributed by atoms with Crippen molar-refractivity contribution >= 4 is 5.91 Å². The Bertz CT molecular complexity index is 446. The van der Waals surface area contributed by atoms with Crippen LogP contribution in [-0.2, 0) is 6.54 Å². The zero-order valence-corrected chi connectivity index (χ0v) is 11.7. The Morgan fingerprint density at radius 1 is 1.37 bits per heavy atom. The maximum absolute atomic E-state index is 11.5. The molecule has 0 heterocycles. The summed E-state index contributed by atoms with van der Waals surface area (Å²) >= 11 is 0. The molecule has 1 aliphatic carbocycles. The first-order chi connectivity index (χ1) is 9.24. The molecule has 1 N–H and O–H groups in total. The van der Waals surface area contributed by atoms with Gasteiger partial charge in [0.1, 0.15) is 0 Å². The molecule has 0 radical (unpaired) electrons. The van der Waals surface area contributed by atoms with Gasteiger partial charge in [0, 0.05) is 31.7 Å². The minimum absolute atomic E-state index is 0.0282. The van der Waals surface area contributed by atoms with Gasteiger partial charge in [-0.25, -0.2) is 0 Å². The van der Waals surface area contributed by atoms with Crippen LogP contribution in [-0.4, -0.2) is 30.4 Å². The second kappa shape index (κ2) is 6.53. The van der Waals surface area contributed by atoms with E-state index in [4.69, 9.17) is 0 Å². The number of carbonyl (C=O) groups excluding carboxylic acids is 1. The minimum atomic E-state index is -0.0282. The van der Waals surface area contributed by atoms with E-state index in [1.54, 1.807) is 7.05 Å². The summed E-state index contributed by atoms with van der Waals surface area (Å²) in [6.07, 6.45) is 6.93. The average molecular weight is 258 g/mol. The van der Waals surface area contributed by atoms with Crippen molar-refractivity contribution in [3.05, 3.63) is 47.5 Å². The lowest BCUT2D eigenvalue weighted by Crippen LogP contribution is -2.25. The normalized spacial score (nSPS) is 15.1. The topological polar surface area (TPSA) is 32.3 Å². The molecule has 1 aliphatic rings. The maximum atomic E-state index is 11.5. The van der Waals surface area contributed by atoms with E-state index in [1.807, 2.05) is 12.1 Å². The molecule has 0 aromatic heterocycles. The molecular formula is C16H22N2O. The first-order valence-electron chi connectivity index (χ1n) is 6.91. The standard InChI is InChI=1S/C16H22N2O/c1-3-4-11-18(15-9-10-15)12-13-5-7-14(8-6-13)16(19)17-2/h3-8,15H,9-12H2,1-2H3,(H,17,19)/b4-3+. The third-order valence-corrected chi connectivity index (χ3v) is 3.47. The summed E-state index contributed by atoms with van der Waals surface area (Å²) in [5, 5.41) is 2.64. The van der Waals surface area contributed by atoms with Crippen molar-refractivity contribution in [2.75, 3.05) is 13.6 Å². The summed E-state index contributed by atoms with van der Waals surface area (Å²) in [4.78, 5) is 14.0. The van der Waals surface area contributed by atoms with Gasteiger partial charge in [-0.15, -0.1) is 0 Å². The molecule has 3 heteroatoms. The molecule has 102 valence electrons. The number of nitrogens with one attached hydrogen (secondary N) is 1. The van der Waals surface area contributed by atoms with Crippen molar-refractivity contribution < 1.29 is 4.79 Å². The van der Waals surface area contributed by atoms with Crippen LogP contribution in [0.25, 0.3) is 0 Å². The summed E-state index contributed by atoms with van der Waals surface area (Å²) in [5.41, 5.74) is 1.99. The Kier molecular flexibility index (Phi) is 4.74. The lowest BCUT2D eigenvalue weighted by molar-refractivity contribution is 0.0963. The molecule has 1 aromatic carbocycles. The molecule has 1 amide bonds. The second-order valence-electron chi connectivity index (χ2n) is 5.01. The highest BCUT2D eigenvalue weighted by molar-refractivity contribution is 5.93. The van der Waals surface area contributed by atoms with Crippen molar-refractivity contribution in [3.63, 3.8) is 0 Å². The lowest BCUT2D eigenvalue weighted by Gasteiger charge is -2.20. The highest BCUT2D eigenvalue weighted by Crippen LogP contribution is 2.28. The zero-order chi connectivity index (χ0) is 13.7. The number of rotatable bonds is 6. The van der Waals surface area contributed by atoms with E-state index in [0.717, 1.165) is 24.7 Å². The lowest BCUT2D eigenvalue weighted by atomic mass is 10.1. The molecule has 0 bridgehead atoms. The first-order valence-corrected chi connectivity index (χ1v) is 6.91. The summed E-state index contributed by atoms with van der Waals surface area (Å²) in [5.74, 6) is -0.0282. The molecule has 1 aromatic rings. The van der Waals surface area contributed by atoms with E-state index < -0.39 is 0 Å². The summed E-state index contributed by atoms with van der Waals surface area (Å²) < 4.78 is 0. The molecule has 1 fully saturated rings. The van der Waals surface area contributed by atoms with E-state index >= 15 is 0 Å². The largest absolute Gasteiger partial charge is 0.355 e. The van der Waals surface area contributed by atoms with Crippen LogP contribution in [0.5, 0.6) is 0 Å². The van der Waals surface area contributed by atoms with Gasteiger partial charge in [-0.05, 0) is 37.5 Å². The Morgan fingerprint density at radius 3 is 2.58 bits per heavy atom. The van der Waals surface area contributed by atoms with Crippen LogP contribution in [0.2, 0.25) is 0 Å². The van der Waals surface area contributed by atoms with Gasteiger partial charge in [-0.1, -0.05) is 24.3 Å². The predicted molar refractivity (Wildman–Crippen MR) is 78.1 cm³/mol. The maximum Gasteiger partial charge on any atom is 0.251 e. The molecule has 19 heavy (non-hydrogen) atoms. The third kappa shape index (κ3) is 3.93. The molecule has 2 rings (SSSR count). The minimum Gasteiger partial charge on any atom is -0.355 e. The monoisotopic (exact) mass is 258 g/mol. The number of allylic oxidation sites excluding steroid dienone is 1. The Balaban J connectivity index is 1.98. The number of carbonyl (C=O) groups is 1. The number of hydrogen-bond donors (Lipinski definition) is 1. The first kappa shape index (κ1) is 13.8. The summed E-state index contributed by atoms with van der Waals surface area (Å²) in [6, 6.07) is 8.64. The van der Waals surface area contributed by atoms with Crippen molar-refractivity contribution in [2.24, 2.45) is 0 Å². The highest BCUT2D eigenvalue weighted by atomic mass is 16.1. The van der Waals surface area contributed by atoms with Crippen LogP contribution in [0.15, 0.2) is 36.4 Å². The van der Waals surface area contributed by atoms with Crippen LogP contribution >= 0.6 is 0 Å². The van der Waals surface area contributed by atoms with E-state index in [9.17, 15) is 4.79 Å². The van der Waals surface area contributed by atoms with Gasteiger partial charge >= 0.3 is 0 Å². The third-order valence-electron chi connectivity index (χ3n) is 3.47. The van der Waals surface area contributed by atoms with E-state index in [-0.39, 0.29) is 5.91 Å². The van der Waals surface area contributed by atoms with Crippen LogP contribution in [0.4, 0.5) is 0 Å². The van der Waals surface area contributed by atoms with Gasteiger partial charge in [0.05, 0.1) is 0 Å². The van der Waals surface area contributed by atoms with Gasteiger partial charge < -0.3 is 5.32 Å². The van der Waals surface area contributed by atoms with Gasteiger partial charge in [-0.3, -0.25) is 9.69 Å². The van der Waals surface area contributed by atoms with E-state index in [0.29, 0.717) is 0 Å². The average Bonchev–Trinajstić information content (AvgIpc) is 3.28. The molecule has 3 nitrogen and oxygen atoms in total. The summed E-state index contributed by atoms with van der Waals surface area (Å²) in [6.45, 7) is 4.03. The Hall–Kier alpha value is -1.61. The van der Waals surface area contributed by atoms with Crippen LogP contribution in [0.1, 0.15) is 35.7 Å². The van der Waals surface area contributed by atoms with Crippen LogP contribution in [0.3, 0.4) is 0 Å². The molecule has 0 saturated heterocycles. The molecule has 0 aliphatic heterocycles. The second-order valence-corrected chi connectivity index (χ2v) is 5.01. The van der Waals surface area contributed by atoms with Gasteiger partial charge in [0.25, 0.3) is 5.91 Å². The fourth-order valence-corrected chi connectivity index (χ4v) is 2.16. The summed E-state index contributed by atoms with van der Waals surface area (Å²) in [7, 11) is 1.65. The highest BCUT2D eigenvalue weighted by Gasteiger charge is 2.27. The number of benzene rings is 1. The number of amides is 1. The molecular weight excluding hydrogens is 236 g/mol. The quantitative estimate of drug-likeness (QED) is 0.795. The van der Waals surface area contributed by atoms with Crippen LogP contribution < -0.4 is 5.32 Å². The SMILES string of the molecule is C/C=C/CN(Cc1ccc(C(=O)NC)cc1)C1CC1. The van der Waals surface area contributed by atoms with Crippen molar-refractivity contribution in [1.82, 2.24) is 10.2 Å². The molecule has 1 saturated carbocycles. The Labute approximate surface area is 115 Å². The molecule has 0 spiro atoms. The fourth-order valence-electron chi connectivity index (χ4n) is 2.16. The van der Waals surface area contributed by atoms with Gasteiger partial charge in [0.15, 0.2) is 0 Å². The van der Waals surface area contributed by atoms with Crippen molar-refractivity contribution in [2.45, 2.75) is 32.4 Å². The zero-order valence-electron chi connectivity index (χ0n) is 11.7. The smallest absolute Gasteiger partial charge is 0.251 e. The molecule has 0 unspecified atom stereocenters. The van der Waals surface area contributed by atoms with Crippen molar-refractivity contribution in [1.29, 1.82) is 0 Å². The van der Waals surface area contributed by atoms with Gasteiger partial charge in [-0.2, -0.15) is 0 Å². The van der Waals surface area contributed by atoms with Crippen molar-refractivity contribution in [3.8, 4) is 0 Å². The van der Waals surface area contributed by atoms with E-state index in [2.05, 4.69) is 41.4 Å². The van der Waals surface area contributed by atoms with Crippen LogP contribution in [0, 0.1) is 0 Å². The Morgan fingerprint density at radius 2 is 2.05 bits per heavy atom. The predicted octanol–water partition coefficient (Wildman–Crippen LogP) is 2.59. The molecule has 0 atom stereocenters. The fraction of sp³-hybridized carbons (Fsp3) is 0.438. The number of hydrogen-bond acceptors (Lipinski definition) is 2. The van der Waals surface area contributed by atoms with E-state index in [1.165, 1.54) is 18.4 Å². The number of nitrogens with zero attached hydrogens (tertiary/aromatic N) is 1. The van der Waals surface area contributed by atoms with Gasteiger partial charge in [0.2, 0.25) is 0 Å².